The molecule has 0 radical (unpaired) electrons. The predicted molar refractivity (Wildman–Crippen MR) is 122 cm³/mol. The van der Waals surface area contributed by atoms with Gasteiger partial charge in [-0.25, -0.2) is 4.79 Å². The lowest BCUT2D eigenvalue weighted by atomic mass is 9.95. The quantitative estimate of drug-likeness (QED) is 0.715. The molecule has 1 saturated heterocycles. The van der Waals surface area contributed by atoms with Crippen molar-refractivity contribution in [3.8, 4) is 5.75 Å². The lowest BCUT2D eigenvalue weighted by Gasteiger charge is -2.32. The molecule has 0 aliphatic carbocycles. The molecule has 1 unspecified atom stereocenters. The minimum Gasteiger partial charge on any atom is -0.497 e. The third-order valence-electron chi connectivity index (χ3n) is 5.77. The van der Waals surface area contributed by atoms with Crippen LogP contribution in [0.3, 0.4) is 0 Å². The van der Waals surface area contributed by atoms with Crippen LogP contribution in [0.15, 0.2) is 54.6 Å². The van der Waals surface area contributed by atoms with Crippen LogP contribution in [0.25, 0.3) is 0 Å². The number of nitrogens with one attached hydrogen (secondary N) is 2. The summed E-state index contributed by atoms with van der Waals surface area (Å²) in [6.07, 6.45) is 1.34. The van der Waals surface area contributed by atoms with Gasteiger partial charge in [-0.1, -0.05) is 30.3 Å². The maximum atomic E-state index is 12.8. The van der Waals surface area contributed by atoms with Gasteiger partial charge in [-0.2, -0.15) is 0 Å². The van der Waals surface area contributed by atoms with Crippen LogP contribution in [0.2, 0.25) is 0 Å². The summed E-state index contributed by atoms with van der Waals surface area (Å²) in [6, 6.07) is 17.3. The van der Waals surface area contributed by atoms with Crippen LogP contribution in [0.4, 0.5) is 10.5 Å². The Morgan fingerprint density at radius 3 is 2.29 bits per heavy atom. The van der Waals surface area contributed by atoms with Gasteiger partial charge in [0.05, 0.1) is 13.2 Å². The highest BCUT2D eigenvalue weighted by Gasteiger charge is 2.28. The molecule has 3 rings (SSSR count). The Balaban J connectivity index is 1.47. The van der Waals surface area contributed by atoms with Crippen molar-refractivity contribution >= 4 is 17.6 Å². The summed E-state index contributed by atoms with van der Waals surface area (Å²) in [4.78, 5) is 29.1. The summed E-state index contributed by atoms with van der Waals surface area (Å²) < 4.78 is 5.23. The van der Waals surface area contributed by atoms with Crippen LogP contribution < -0.4 is 15.4 Å². The lowest BCUT2D eigenvalue weighted by Crippen LogP contribution is -2.45. The molecule has 2 N–H and O–H groups in total. The van der Waals surface area contributed by atoms with E-state index in [4.69, 9.17) is 4.74 Å². The number of para-hydroxylation sites is 1. The van der Waals surface area contributed by atoms with Crippen LogP contribution >= 0.6 is 0 Å². The van der Waals surface area contributed by atoms with Crippen molar-refractivity contribution in [3.63, 3.8) is 0 Å². The summed E-state index contributed by atoms with van der Waals surface area (Å²) in [5, 5.41) is 6.02. The van der Waals surface area contributed by atoms with Crippen LogP contribution in [0.1, 0.15) is 24.4 Å². The van der Waals surface area contributed by atoms with Crippen molar-refractivity contribution in [3.05, 3.63) is 60.2 Å². The fraction of sp³-hybridized carbons (Fsp3) is 0.417. The van der Waals surface area contributed by atoms with Gasteiger partial charge in [0.25, 0.3) is 0 Å². The smallest absolute Gasteiger partial charge is 0.321 e. The molecule has 0 saturated carbocycles. The minimum atomic E-state index is -0.114. The SMILES string of the molecule is COc1ccc(C(CNC(=O)C2CCN(C(=O)Nc3ccccc3)CC2)N(C)C)cc1. The number of likely N-dealkylation sites (N-methyl/N-ethyl adjacent to an activating group) is 1. The molecule has 0 spiro atoms. The van der Waals surface area contributed by atoms with Gasteiger partial charge in [0.1, 0.15) is 5.75 Å². The van der Waals surface area contributed by atoms with E-state index < -0.39 is 0 Å². The first kappa shape index (κ1) is 22.6. The summed E-state index contributed by atoms with van der Waals surface area (Å²) in [7, 11) is 5.66. The number of urea groups is 1. The molecule has 1 atom stereocenters. The number of piperidine rings is 1. The van der Waals surface area contributed by atoms with Crippen molar-refractivity contribution in [1.29, 1.82) is 0 Å². The highest BCUT2D eigenvalue weighted by Crippen LogP contribution is 2.22. The van der Waals surface area contributed by atoms with E-state index in [-0.39, 0.29) is 23.9 Å². The topological polar surface area (TPSA) is 73.9 Å². The second kappa shape index (κ2) is 10.8. The Kier molecular flexibility index (Phi) is 7.89. The standard InChI is InChI=1S/C24H32N4O3/c1-27(2)22(18-9-11-21(31-3)12-10-18)17-25-23(29)19-13-15-28(16-14-19)24(30)26-20-7-5-4-6-8-20/h4-12,19,22H,13-17H2,1-3H3,(H,25,29)(H,26,30). The van der Waals surface area contributed by atoms with Crippen LogP contribution in [-0.4, -0.2) is 62.6 Å². The van der Waals surface area contributed by atoms with Gasteiger partial charge in [0.15, 0.2) is 0 Å². The molecule has 1 fully saturated rings. The number of methoxy groups -OCH3 is 1. The number of rotatable bonds is 7. The van der Waals surface area contributed by atoms with Crippen molar-refractivity contribution in [2.75, 3.05) is 46.2 Å². The second-order valence-electron chi connectivity index (χ2n) is 8.06. The fourth-order valence-corrected chi connectivity index (χ4v) is 3.84. The first-order valence-electron chi connectivity index (χ1n) is 10.7. The van der Waals surface area contributed by atoms with E-state index in [9.17, 15) is 9.59 Å². The van der Waals surface area contributed by atoms with E-state index in [1.165, 1.54) is 0 Å². The molecule has 7 nitrogen and oxygen atoms in total. The molecular formula is C24H32N4O3. The van der Waals surface area contributed by atoms with E-state index >= 15 is 0 Å². The van der Waals surface area contributed by atoms with Crippen LogP contribution in [-0.2, 0) is 4.79 Å². The van der Waals surface area contributed by atoms with Crippen LogP contribution in [0.5, 0.6) is 5.75 Å². The first-order valence-corrected chi connectivity index (χ1v) is 10.7. The van der Waals surface area contributed by atoms with Crippen molar-refractivity contribution in [2.24, 2.45) is 5.92 Å². The number of ether oxygens (including phenoxy) is 1. The summed E-state index contributed by atoms with van der Waals surface area (Å²) in [5.41, 5.74) is 1.90. The molecule has 1 aliphatic rings. The fourth-order valence-electron chi connectivity index (χ4n) is 3.84. The molecular weight excluding hydrogens is 392 g/mol. The van der Waals surface area contributed by atoms with E-state index in [2.05, 4.69) is 15.5 Å². The number of amides is 3. The predicted octanol–water partition coefficient (Wildman–Crippen LogP) is 3.36. The van der Waals surface area contributed by atoms with E-state index in [1.54, 1.807) is 12.0 Å². The Morgan fingerprint density at radius 2 is 1.71 bits per heavy atom. The number of anilines is 1. The first-order chi connectivity index (χ1) is 15.0. The summed E-state index contributed by atoms with van der Waals surface area (Å²) in [6.45, 7) is 1.69. The third-order valence-corrected chi connectivity index (χ3v) is 5.77. The van der Waals surface area contributed by atoms with Gasteiger partial charge in [0, 0.05) is 31.2 Å². The number of benzene rings is 2. The van der Waals surface area contributed by atoms with Crippen molar-refractivity contribution in [1.82, 2.24) is 15.1 Å². The molecule has 1 heterocycles. The zero-order chi connectivity index (χ0) is 22.2. The highest BCUT2D eigenvalue weighted by atomic mass is 16.5. The Hall–Kier alpha value is -3.06. The Morgan fingerprint density at radius 1 is 1.06 bits per heavy atom. The van der Waals surface area contributed by atoms with E-state index in [0.29, 0.717) is 32.5 Å². The Labute approximate surface area is 184 Å². The normalized spacial score (nSPS) is 15.4. The molecule has 166 valence electrons. The zero-order valence-corrected chi connectivity index (χ0v) is 18.5. The van der Waals surface area contributed by atoms with E-state index in [0.717, 1.165) is 17.0 Å². The number of hydrogen-bond acceptors (Lipinski definition) is 4. The minimum absolute atomic E-state index is 0.0588. The molecule has 7 heteroatoms. The number of likely N-dealkylation sites (tertiary alicyclic amines) is 1. The molecule has 3 amide bonds. The number of nitrogens with zero attached hydrogens (tertiary/aromatic N) is 2. The van der Waals surface area contributed by atoms with Gasteiger partial charge < -0.3 is 25.2 Å². The van der Waals surface area contributed by atoms with Crippen molar-refractivity contribution in [2.45, 2.75) is 18.9 Å². The molecule has 2 aromatic carbocycles. The van der Waals surface area contributed by atoms with Gasteiger partial charge in [-0.05, 0) is 56.8 Å². The molecule has 0 bridgehead atoms. The van der Waals surface area contributed by atoms with Crippen molar-refractivity contribution < 1.29 is 14.3 Å². The van der Waals surface area contributed by atoms with Gasteiger partial charge >= 0.3 is 6.03 Å². The summed E-state index contributed by atoms with van der Waals surface area (Å²) in [5.74, 6) is 0.802. The van der Waals surface area contributed by atoms with Gasteiger partial charge in [-0.15, -0.1) is 0 Å². The van der Waals surface area contributed by atoms with Gasteiger partial charge in [-0.3, -0.25) is 4.79 Å². The number of carbonyl (C=O) groups is 2. The number of carbonyl (C=O) groups excluding carboxylic acids is 2. The van der Waals surface area contributed by atoms with Gasteiger partial charge in [0.2, 0.25) is 5.91 Å². The molecule has 31 heavy (non-hydrogen) atoms. The highest BCUT2D eigenvalue weighted by molar-refractivity contribution is 5.89. The zero-order valence-electron chi connectivity index (χ0n) is 18.5. The largest absolute Gasteiger partial charge is 0.497 e. The molecule has 2 aromatic rings. The second-order valence-corrected chi connectivity index (χ2v) is 8.06. The maximum absolute atomic E-state index is 12.8. The Bertz CT molecular complexity index is 847. The number of hydrogen-bond donors (Lipinski definition) is 2. The maximum Gasteiger partial charge on any atom is 0.321 e. The molecule has 0 aromatic heterocycles. The average Bonchev–Trinajstić information content (AvgIpc) is 2.80. The molecule has 1 aliphatic heterocycles. The summed E-state index contributed by atoms with van der Waals surface area (Å²) >= 11 is 0. The van der Waals surface area contributed by atoms with E-state index in [1.807, 2.05) is 68.7 Å². The lowest BCUT2D eigenvalue weighted by molar-refractivity contribution is -0.126. The van der Waals surface area contributed by atoms with Crippen LogP contribution in [0, 0.1) is 5.92 Å². The monoisotopic (exact) mass is 424 g/mol. The average molecular weight is 425 g/mol. The third kappa shape index (κ3) is 6.21.